The van der Waals surface area contributed by atoms with Crippen LogP contribution in [0.4, 0.5) is 17.6 Å². The average molecular weight is 413 g/mol. The molecule has 0 aromatic heterocycles. The first-order chi connectivity index (χ1) is 12.6. The Hall–Kier alpha value is -1.05. The fourth-order valence-electron chi connectivity index (χ4n) is 4.53. The molecule has 1 heterocycles. The summed E-state index contributed by atoms with van der Waals surface area (Å²) in [4.78, 5) is 27.7. The Balaban J connectivity index is 1.52. The number of alkyl halides is 5. The molecule has 9 heteroatoms. The van der Waals surface area contributed by atoms with Crippen LogP contribution in [-0.4, -0.2) is 65.0 Å². The number of rotatable bonds is 3. The van der Waals surface area contributed by atoms with E-state index >= 15 is 0 Å². The van der Waals surface area contributed by atoms with Gasteiger partial charge >= 0.3 is 6.18 Å². The van der Waals surface area contributed by atoms with E-state index in [0.29, 0.717) is 32.2 Å². The molecular weight excluding hydrogens is 388 g/mol. The van der Waals surface area contributed by atoms with Crippen LogP contribution < -0.4 is 0 Å². The Morgan fingerprint density at radius 3 is 2.22 bits per heavy atom. The quantitative estimate of drug-likeness (QED) is 0.525. The van der Waals surface area contributed by atoms with Crippen molar-refractivity contribution in [2.75, 3.05) is 19.6 Å². The molecule has 154 valence electrons. The third-order valence-corrected chi connectivity index (χ3v) is 6.56. The second kappa shape index (κ2) is 8.13. The van der Waals surface area contributed by atoms with Crippen LogP contribution in [0.2, 0.25) is 0 Å². The van der Waals surface area contributed by atoms with Gasteiger partial charge in [0.25, 0.3) is 0 Å². The standard InChI is InChI=1S/C18H25ClF4N2O2/c19-13-5-6-15(14(20)7-13)25-10-16(26)24(9-17(25)27)8-11-1-3-12(4-2-11)18(21,22)23/h11-15H,1-10H2. The summed E-state index contributed by atoms with van der Waals surface area (Å²) in [6, 6.07) is -0.610. The smallest absolute Gasteiger partial charge is 0.332 e. The molecule has 0 N–H and O–H groups in total. The second-order valence-corrected chi connectivity index (χ2v) is 8.67. The van der Waals surface area contributed by atoms with Crippen LogP contribution in [0.5, 0.6) is 0 Å². The molecule has 2 aliphatic carbocycles. The fourth-order valence-corrected chi connectivity index (χ4v) is 4.83. The zero-order valence-corrected chi connectivity index (χ0v) is 15.8. The van der Waals surface area contributed by atoms with Crippen LogP contribution in [0, 0.1) is 11.8 Å². The summed E-state index contributed by atoms with van der Waals surface area (Å²) in [7, 11) is 0. The van der Waals surface area contributed by atoms with Crippen molar-refractivity contribution in [3.05, 3.63) is 0 Å². The molecule has 27 heavy (non-hydrogen) atoms. The Kier molecular flexibility index (Phi) is 6.23. The Morgan fingerprint density at radius 2 is 1.63 bits per heavy atom. The van der Waals surface area contributed by atoms with E-state index in [1.54, 1.807) is 0 Å². The summed E-state index contributed by atoms with van der Waals surface area (Å²) in [6.07, 6.45) is -3.22. The molecule has 3 unspecified atom stereocenters. The Labute approximate surface area is 161 Å². The minimum absolute atomic E-state index is 0.0208. The third kappa shape index (κ3) is 4.87. The lowest BCUT2D eigenvalue weighted by Gasteiger charge is -2.43. The van der Waals surface area contributed by atoms with Crippen LogP contribution in [0.25, 0.3) is 0 Å². The van der Waals surface area contributed by atoms with Crippen molar-refractivity contribution in [2.24, 2.45) is 11.8 Å². The number of hydrogen-bond donors (Lipinski definition) is 0. The van der Waals surface area contributed by atoms with Gasteiger partial charge in [-0.05, 0) is 50.9 Å². The first-order valence-corrected chi connectivity index (χ1v) is 10.0. The van der Waals surface area contributed by atoms with Crippen LogP contribution in [0.15, 0.2) is 0 Å². The molecule has 0 spiro atoms. The molecule has 3 aliphatic rings. The molecule has 1 aliphatic heterocycles. The zero-order valence-electron chi connectivity index (χ0n) is 15.1. The molecule has 0 radical (unpaired) electrons. The topological polar surface area (TPSA) is 40.6 Å². The molecule has 4 nitrogen and oxygen atoms in total. The van der Waals surface area contributed by atoms with Gasteiger partial charge in [0, 0.05) is 11.9 Å². The van der Waals surface area contributed by atoms with E-state index in [1.807, 2.05) is 0 Å². The number of halogens is 5. The van der Waals surface area contributed by atoms with Crippen molar-refractivity contribution >= 4 is 23.4 Å². The van der Waals surface area contributed by atoms with Crippen molar-refractivity contribution in [3.8, 4) is 0 Å². The average Bonchev–Trinajstić information content (AvgIpc) is 2.58. The number of carbonyl (C=O) groups excluding carboxylic acids is 2. The summed E-state index contributed by atoms with van der Waals surface area (Å²) in [6.45, 7) is 0.0246. The number of hydrogen-bond acceptors (Lipinski definition) is 2. The molecule has 2 saturated carbocycles. The van der Waals surface area contributed by atoms with Crippen molar-refractivity contribution in [2.45, 2.75) is 68.7 Å². The van der Waals surface area contributed by atoms with E-state index in [9.17, 15) is 27.2 Å². The zero-order chi connectivity index (χ0) is 19.8. The van der Waals surface area contributed by atoms with Gasteiger partial charge in [-0.25, -0.2) is 4.39 Å². The van der Waals surface area contributed by atoms with Gasteiger partial charge in [-0.15, -0.1) is 11.6 Å². The summed E-state index contributed by atoms with van der Waals surface area (Å²) in [5.41, 5.74) is 0. The molecule has 0 bridgehead atoms. The largest absolute Gasteiger partial charge is 0.391 e. The van der Waals surface area contributed by atoms with Gasteiger partial charge in [-0.2, -0.15) is 13.2 Å². The highest BCUT2D eigenvalue weighted by atomic mass is 35.5. The third-order valence-electron chi connectivity index (χ3n) is 6.17. The van der Waals surface area contributed by atoms with Gasteiger partial charge in [0.2, 0.25) is 11.8 Å². The molecule has 3 fully saturated rings. The van der Waals surface area contributed by atoms with E-state index in [4.69, 9.17) is 11.6 Å². The van der Waals surface area contributed by atoms with Crippen molar-refractivity contribution in [3.63, 3.8) is 0 Å². The molecule has 3 rings (SSSR count). The van der Waals surface area contributed by atoms with Crippen LogP contribution in [0.1, 0.15) is 44.9 Å². The highest BCUT2D eigenvalue weighted by Gasteiger charge is 2.43. The van der Waals surface area contributed by atoms with Gasteiger partial charge < -0.3 is 9.80 Å². The van der Waals surface area contributed by atoms with Gasteiger partial charge in [-0.3, -0.25) is 9.59 Å². The minimum atomic E-state index is -4.16. The highest BCUT2D eigenvalue weighted by molar-refractivity contribution is 6.20. The lowest BCUT2D eigenvalue weighted by atomic mass is 9.81. The van der Waals surface area contributed by atoms with E-state index in [-0.39, 0.29) is 55.5 Å². The second-order valence-electron chi connectivity index (χ2n) is 8.05. The maximum Gasteiger partial charge on any atom is 0.391 e. The van der Waals surface area contributed by atoms with Gasteiger partial charge in [0.15, 0.2) is 0 Å². The predicted octanol–water partition coefficient (Wildman–Crippen LogP) is 3.52. The number of amides is 2. The molecule has 3 atom stereocenters. The molecule has 0 aromatic carbocycles. The Bertz CT molecular complexity index is 566. The van der Waals surface area contributed by atoms with Gasteiger partial charge in [0.05, 0.1) is 18.5 Å². The maximum absolute atomic E-state index is 14.3. The first kappa shape index (κ1) is 20.7. The number of nitrogens with zero attached hydrogens (tertiary/aromatic N) is 2. The molecular formula is C18H25ClF4N2O2. The lowest BCUT2D eigenvalue weighted by molar-refractivity contribution is -0.184. The van der Waals surface area contributed by atoms with Crippen molar-refractivity contribution in [1.82, 2.24) is 9.80 Å². The van der Waals surface area contributed by atoms with Crippen molar-refractivity contribution in [1.29, 1.82) is 0 Å². The maximum atomic E-state index is 14.3. The normalized spacial score (nSPS) is 36.3. The monoisotopic (exact) mass is 412 g/mol. The summed E-state index contributed by atoms with van der Waals surface area (Å²) in [5.74, 6) is -1.83. The molecule has 0 aromatic rings. The lowest BCUT2D eigenvalue weighted by Crippen LogP contribution is -2.60. The van der Waals surface area contributed by atoms with Crippen LogP contribution in [0.3, 0.4) is 0 Å². The summed E-state index contributed by atoms with van der Waals surface area (Å²) in [5, 5.41) is -0.241. The molecule has 2 amide bonds. The minimum Gasteiger partial charge on any atom is -0.332 e. The molecule has 1 saturated heterocycles. The predicted molar refractivity (Wildman–Crippen MR) is 92.0 cm³/mol. The number of piperazine rings is 1. The fraction of sp³-hybridized carbons (Fsp3) is 0.889. The van der Waals surface area contributed by atoms with E-state index < -0.39 is 24.3 Å². The van der Waals surface area contributed by atoms with Crippen LogP contribution in [-0.2, 0) is 9.59 Å². The Morgan fingerprint density at radius 1 is 0.963 bits per heavy atom. The van der Waals surface area contributed by atoms with Crippen LogP contribution >= 0.6 is 11.6 Å². The van der Waals surface area contributed by atoms with E-state index in [1.165, 1.54) is 9.80 Å². The first-order valence-electron chi connectivity index (χ1n) is 9.57. The SMILES string of the molecule is O=C1CN(C2CCC(Cl)CC2F)C(=O)CN1CC1CCC(C(F)(F)F)CC1. The van der Waals surface area contributed by atoms with Gasteiger partial charge in [-0.1, -0.05) is 0 Å². The summed E-state index contributed by atoms with van der Waals surface area (Å²) >= 11 is 5.96. The highest BCUT2D eigenvalue weighted by Crippen LogP contribution is 2.40. The summed E-state index contributed by atoms with van der Waals surface area (Å²) < 4.78 is 52.6. The van der Waals surface area contributed by atoms with E-state index in [2.05, 4.69) is 0 Å². The number of carbonyl (C=O) groups is 2. The van der Waals surface area contributed by atoms with Gasteiger partial charge in [0.1, 0.15) is 12.7 Å². The van der Waals surface area contributed by atoms with E-state index in [0.717, 1.165) is 0 Å². The van der Waals surface area contributed by atoms with Crippen molar-refractivity contribution < 1.29 is 27.2 Å².